The van der Waals surface area contributed by atoms with Gasteiger partial charge in [0.2, 0.25) is 5.82 Å². The van der Waals surface area contributed by atoms with Crippen molar-refractivity contribution >= 4 is 34.9 Å². The fourth-order valence-electron chi connectivity index (χ4n) is 1.96. The first-order chi connectivity index (χ1) is 12.8. The van der Waals surface area contributed by atoms with E-state index in [9.17, 15) is 24.1 Å². The molecule has 0 heterocycles. The maximum Gasteiger partial charge on any atom is 0.344 e. The Morgan fingerprint density at radius 2 is 2.00 bits per heavy atom. The van der Waals surface area contributed by atoms with Crippen molar-refractivity contribution in [1.82, 2.24) is 0 Å². The number of benzene rings is 2. The van der Waals surface area contributed by atoms with E-state index in [0.717, 1.165) is 18.2 Å². The SMILES string of the molecule is C[C@H](OC(=O)COc1ccccc1Cl)C(=O)Nc1ccc(F)c([N+](=O)[O-])c1. The third kappa shape index (κ3) is 5.65. The van der Waals surface area contributed by atoms with Crippen molar-refractivity contribution in [3.8, 4) is 5.75 Å². The molecule has 2 aromatic carbocycles. The second-order valence-electron chi connectivity index (χ2n) is 5.26. The maximum atomic E-state index is 13.3. The van der Waals surface area contributed by atoms with Crippen LogP contribution in [0.1, 0.15) is 6.92 Å². The van der Waals surface area contributed by atoms with Gasteiger partial charge < -0.3 is 14.8 Å². The van der Waals surface area contributed by atoms with Gasteiger partial charge >= 0.3 is 11.7 Å². The lowest BCUT2D eigenvalue weighted by Gasteiger charge is -2.14. The van der Waals surface area contributed by atoms with Gasteiger partial charge in [-0.15, -0.1) is 0 Å². The molecule has 2 aromatic rings. The van der Waals surface area contributed by atoms with Gasteiger partial charge in [0.05, 0.1) is 9.95 Å². The smallest absolute Gasteiger partial charge is 0.344 e. The summed E-state index contributed by atoms with van der Waals surface area (Å²) in [5, 5.41) is 13.3. The average Bonchev–Trinajstić information content (AvgIpc) is 2.62. The first-order valence-corrected chi connectivity index (χ1v) is 7.97. The van der Waals surface area contributed by atoms with E-state index in [0.29, 0.717) is 5.02 Å². The molecule has 0 aliphatic rings. The number of nitro groups is 1. The van der Waals surface area contributed by atoms with E-state index in [1.165, 1.54) is 6.92 Å². The minimum Gasteiger partial charge on any atom is -0.480 e. The van der Waals surface area contributed by atoms with Crippen molar-refractivity contribution < 1.29 is 28.4 Å². The third-order valence-corrected chi connectivity index (χ3v) is 3.58. The number of rotatable bonds is 7. The zero-order valence-electron chi connectivity index (χ0n) is 14.0. The van der Waals surface area contributed by atoms with Gasteiger partial charge in [-0.3, -0.25) is 14.9 Å². The number of nitrogens with zero attached hydrogens (tertiary/aromatic N) is 1. The average molecular weight is 397 g/mol. The molecule has 1 N–H and O–H groups in total. The van der Waals surface area contributed by atoms with Gasteiger partial charge in [0.25, 0.3) is 5.91 Å². The van der Waals surface area contributed by atoms with Crippen molar-refractivity contribution in [2.45, 2.75) is 13.0 Å². The minimum atomic E-state index is -1.21. The highest BCUT2D eigenvalue weighted by atomic mass is 35.5. The van der Waals surface area contributed by atoms with Gasteiger partial charge in [0.1, 0.15) is 5.75 Å². The molecule has 0 fully saturated rings. The minimum absolute atomic E-state index is 0.0108. The molecule has 0 unspecified atom stereocenters. The zero-order valence-corrected chi connectivity index (χ0v) is 14.7. The molecule has 27 heavy (non-hydrogen) atoms. The normalized spacial score (nSPS) is 11.4. The number of para-hydroxylation sites is 1. The van der Waals surface area contributed by atoms with Crippen LogP contribution in [0.5, 0.6) is 5.75 Å². The maximum absolute atomic E-state index is 13.3. The Balaban J connectivity index is 1.90. The Labute approximate surface area is 158 Å². The number of hydrogen-bond donors (Lipinski definition) is 1. The molecule has 8 nitrogen and oxygen atoms in total. The van der Waals surface area contributed by atoms with Gasteiger partial charge in [-0.05, 0) is 31.2 Å². The number of carbonyl (C=O) groups excluding carboxylic acids is 2. The van der Waals surface area contributed by atoms with Crippen molar-refractivity contribution in [1.29, 1.82) is 0 Å². The summed E-state index contributed by atoms with van der Waals surface area (Å²) in [4.78, 5) is 33.6. The number of carbonyl (C=O) groups is 2. The van der Waals surface area contributed by atoms with E-state index in [1.807, 2.05) is 0 Å². The van der Waals surface area contributed by atoms with E-state index in [4.69, 9.17) is 21.1 Å². The van der Waals surface area contributed by atoms with E-state index >= 15 is 0 Å². The van der Waals surface area contributed by atoms with Gasteiger partial charge in [0.15, 0.2) is 12.7 Å². The molecule has 142 valence electrons. The highest BCUT2D eigenvalue weighted by Crippen LogP contribution is 2.23. The Hall–Kier alpha value is -3.20. The van der Waals surface area contributed by atoms with Gasteiger partial charge in [0, 0.05) is 11.8 Å². The summed E-state index contributed by atoms with van der Waals surface area (Å²) in [6.07, 6.45) is -1.21. The molecule has 2 rings (SSSR count). The fraction of sp³-hybridized carbons (Fsp3) is 0.176. The van der Waals surface area contributed by atoms with Crippen LogP contribution in [0, 0.1) is 15.9 Å². The van der Waals surface area contributed by atoms with Crippen LogP contribution in [0.3, 0.4) is 0 Å². The summed E-state index contributed by atoms with van der Waals surface area (Å²) in [6.45, 7) is 0.837. The van der Waals surface area contributed by atoms with E-state index in [1.54, 1.807) is 24.3 Å². The summed E-state index contributed by atoms with van der Waals surface area (Å²) in [6, 6.07) is 9.37. The van der Waals surface area contributed by atoms with E-state index < -0.39 is 41.0 Å². The standard InChI is InChI=1S/C17H14ClFN2O6/c1-10(27-16(22)9-26-15-5-3-2-4-12(15)18)17(23)20-11-6-7-13(19)14(8-11)21(24)25/h2-8,10H,9H2,1H3,(H,20,23)/t10-/m0/s1. The lowest BCUT2D eigenvalue weighted by Crippen LogP contribution is -2.31. The molecule has 0 aliphatic carbocycles. The summed E-state index contributed by atoms with van der Waals surface area (Å²) >= 11 is 5.88. The number of halogens is 2. The van der Waals surface area contributed by atoms with Crippen molar-refractivity contribution in [3.05, 3.63) is 63.4 Å². The molecule has 10 heteroatoms. The summed E-state index contributed by atoms with van der Waals surface area (Å²) in [5.74, 6) is -2.31. The highest BCUT2D eigenvalue weighted by Gasteiger charge is 2.20. The molecule has 0 aliphatic heterocycles. The van der Waals surface area contributed by atoms with Crippen LogP contribution in [0.4, 0.5) is 15.8 Å². The number of anilines is 1. The summed E-state index contributed by atoms with van der Waals surface area (Å²) < 4.78 is 23.4. The van der Waals surface area contributed by atoms with Crippen molar-refractivity contribution in [2.75, 3.05) is 11.9 Å². The Kier molecular flexibility index (Phi) is 6.67. The quantitative estimate of drug-likeness (QED) is 0.437. The molecule has 0 radical (unpaired) electrons. The molecule has 0 aromatic heterocycles. The first-order valence-electron chi connectivity index (χ1n) is 7.59. The molecule has 0 saturated heterocycles. The van der Waals surface area contributed by atoms with E-state index in [2.05, 4.69) is 5.32 Å². The van der Waals surface area contributed by atoms with Crippen LogP contribution >= 0.6 is 11.6 Å². The topological polar surface area (TPSA) is 108 Å². The van der Waals surface area contributed by atoms with Crippen LogP contribution in [0.15, 0.2) is 42.5 Å². The number of nitro benzene ring substituents is 1. The van der Waals surface area contributed by atoms with E-state index in [-0.39, 0.29) is 11.4 Å². The Morgan fingerprint density at radius 3 is 2.67 bits per heavy atom. The number of hydrogen-bond acceptors (Lipinski definition) is 6. The number of ether oxygens (including phenoxy) is 2. The fourth-order valence-corrected chi connectivity index (χ4v) is 2.15. The number of amides is 1. The number of nitrogens with one attached hydrogen (secondary N) is 1. The predicted octanol–water partition coefficient (Wildman–Crippen LogP) is 3.34. The highest BCUT2D eigenvalue weighted by molar-refractivity contribution is 6.32. The largest absolute Gasteiger partial charge is 0.480 e. The monoisotopic (exact) mass is 396 g/mol. The lowest BCUT2D eigenvalue weighted by molar-refractivity contribution is -0.387. The second kappa shape index (κ2) is 8.95. The van der Waals surface area contributed by atoms with Gasteiger partial charge in [-0.1, -0.05) is 23.7 Å². The van der Waals surface area contributed by atoms with Gasteiger partial charge in [-0.25, -0.2) is 4.79 Å². The lowest BCUT2D eigenvalue weighted by atomic mass is 10.2. The van der Waals surface area contributed by atoms with Crippen LogP contribution in [-0.4, -0.2) is 29.5 Å². The van der Waals surface area contributed by atoms with Crippen molar-refractivity contribution in [2.24, 2.45) is 0 Å². The molecular weight excluding hydrogens is 383 g/mol. The summed E-state index contributed by atoms with van der Waals surface area (Å²) in [7, 11) is 0. The van der Waals surface area contributed by atoms with Crippen LogP contribution in [0.25, 0.3) is 0 Å². The Bertz CT molecular complexity index is 876. The van der Waals surface area contributed by atoms with Crippen LogP contribution < -0.4 is 10.1 Å². The molecule has 0 bridgehead atoms. The Morgan fingerprint density at radius 1 is 1.30 bits per heavy atom. The molecule has 0 spiro atoms. The summed E-state index contributed by atoms with van der Waals surface area (Å²) in [5.41, 5.74) is -0.797. The van der Waals surface area contributed by atoms with Crippen LogP contribution in [-0.2, 0) is 14.3 Å². The zero-order chi connectivity index (χ0) is 20.0. The van der Waals surface area contributed by atoms with Crippen molar-refractivity contribution in [3.63, 3.8) is 0 Å². The first kappa shape index (κ1) is 20.1. The predicted molar refractivity (Wildman–Crippen MR) is 94.2 cm³/mol. The molecular formula is C17H14ClFN2O6. The second-order valence-corrected chi connectivity index (χ2v) is 5.67. The molecule has 1 atom stereocenters. The number of esters is 1. The molecule has 0 saturated carbocycles. The third-order valence-electron chi connectivity index (χ3n) is 3.27. The van der Waals surface area contributed by atoms with Gasteiger partial charge in [-0.2, -0.15) is 4.39 Å². The molecule has 1 amide bonds. The van der Waals surface area contributed by atoms with Crippen LogP contribution in [0.2, 0.25) is 5.02 Å².